The van der Waals surface area contributed by atoms with Crippen molar-refractivity contribution in [2.45, 2.75) is 0 Å². The fourth-order valence-corrected chi connectivity index (χ4v) is 1.91. The molecule has 0 fully saturated rings. The van der Waals surface area contributed by atoms with E-state index in [1.807, 2.05) is 18.2 Å². The van der Waals surface area contributed by atoms with E-state index in [-0.39, 0.29) is 11.4 Å². The number of benzene rings is 1. The Kier molecular flexibility index (Phi) is 3.34. The van der Waals surface area contributed by atoms with E-state index in [4.69, 9.17) is 0 Å². The molecule has 1 amide bonds. The summed E-state index contributed by atoms with van der Waals surface area (Å²) in [6.07, 6.45) is 3.13. The van der Waals surface area contributed by atoms with Gasteiger partial charge in [0.15, 0.2) is 5.69 Å². The first-order valence-electron chi connectivity index (χ1n) is 6.29. The van der Waals surface area contributed by atoms with Gasteiger partial charge in [-0.15, -0.1) is 0 Å². The third kappa shape index (κ3) is 2.74. The largest absolute Gasteiger partial charge is 0.505 e. The van der Waals surface area contributed by atoms with Crippen LogP contribution in [-0.2, 0) is 0 Å². The zero-order valence-corrected chi connectivity index (χ0v) is 10.9. The Hall–Kier alpha value is -3.15. The molecule has 21 heavy (non-hydrogen) atoms. The lowest BCUT2D eigenvalue weighted by Crippen LogP contribution is -2.13. The van der Waals surface area contributed by atoms with Gasteiger partial charge in [-0.2, -0.15) is 5.10 Å². The molecule has 0 spiro atoms. The minimum absolute atomic E-state index is 0.00450. The Morgan fingerprint density at radius 3 is 2.57 bits per heavy atom. The van der Waals surface area contributed by atoms with Crippen molar-refractivity contribution < 1.29 is 9.90 Å². The Morgan fingerprint density at radius 2 is 1.90 bits per heavy atom. The molecule has 0 saturated carbocycles. The van der Waals surface area contributed by atoms with Crippen molar-refractivity contribution in [1.29, 1.82) is 0 Å². The molecule has 0 aliphatic rings. The summed E-state index contributed by atoms with van der Waals surface area (Å²) in [5.74, 6) is -0.605. The van der Waals surface area contributed by atoms with Crippen LogP contribution in [0.3, 0.4) is 0 Å². The van der Waals surface area contributed by atoms with Crippen LogP contribution >= 0.6 is 0 Å². The van der Waals surface area contributed by atoms with Gasteiger partial charge in [0.05, 0.1) is 5.69 Å². The lowest BCUT2D eigenvalue weighted by Gasteiger charge is -2.06. The number of anilines is 1. The van der Waals surface area contributed by atoms with Crippen molar-refractivity contribution >= 4 is 11.6 Å². The number of amides is 1. The van der Waals surface area contributed by atoms with Gasteiger partial charge >= 0.3 is 0 Å². The van der Waals surface area contributed by atoms with Gasteiger partial charge in [-0.05, 0) is 35.9 Å². The molecule has 3 N–H and O–H groups in total. The number of hydrogen-bond acceptors (Lipinski definition) is 4. The second-order valence-corrected chi connectivity index (χ2v) is 4.37. The van der Waals surface area contributed by atoms with E-state index in [0.717, 1.165) is 11.3 Å². The summed E-state index contributed by atoms with van der Waals surface area (Å²) in [4.78, 5) is 15.9. The van der Waals surface area contributed by atoms with Crippen LogP contribution in [0.25, 0.3) is 11.3 Å². The van der Waals surface area contributed by atoms with E-state index in [1.54, 1.807) is 24.4 Å². The van der Waals surface area contributed by atoms with Crippen LogP contribution in [0.15, 0.2) is 54.9 Å². The summed E-state index contributed by atoms with van der Waals surface area (Å²) in [6.45, 7) is 0. The number of nitrogens with one attached hydrogen (secondary N) is 2. The summed E-state index contributed by atoms with van der Waals surface area (Å²) in [5.41, 5.74) is 2.48. The summed E-state index contributed by atoms with van der Waals surface area (Å²) >= 11 is 0. The van der Waals surface area contributed by atoms with E-state index in [0.29, 0.717) is 5.69 Å². The molecular formula is C15H12N4O2. The number of carbonyl (C=O) groups is 1. The first-order chi connectivity index (χ1) is 10.2. The Bertz CT molecular complexity index is 752. The van der Waals surface area contributed by atoms with Gasteiger partial charge in [-0.25, -0.2) is 4.98 Å². The van der Waals surface area contributed by atoms with Gasteiger partial charge in [0.2, 0.25) is 0 Å². The molecular weight excluding hydrogens is 268 g/mol. The smallest absolute Gasteiger partial charge is 0.278 e. The average Bonchev–Trinajstić information content (AvgIpc) is 3.02. The lowest BCUT2D eigenvalue weighted by molar-refractivity contribution is 0.101. The average molecular weight is 280 g/mol. The van der Waals surface area contributed by atoms with Gasteiger partial charge in [-0.1, -0.05) is 12.1 Å². The number of aromatic nitrogens is 3. The van der Waals surface area contributed by atoms with Crippen molar-refractivity contribution in [3.05, 3.63) is 60.6 Å². The zero-order chi connectivity index (χ0) is 14.7. The maximum Gasteiger partial charge on any atom is 0.278 e. The third-order valence-electron chi connectivity index (χ3n) is 2.96. The highest BCUT2D eigenvalue weighted by Crippen LogP contribution is 2.20. The number of pyridine rings is 1. The molecule has 2 aromatic heterocycles. The molecule has 3 rings (SSSR count). The summed E-state index contributed by atoms with van der Waals surface area (Å²) in [5, 5.41) is 19.0. The molecule has 0 atom stereocenters. The molecule has 104 valence electrons. The molecule has 6 nitrogen and oxygen atoms in total. The van der Waals surface area contributed by atoms with Crippen LogP contribution < -0.4 is 5.32 Å². The highest BCUT2D eigenvalue weighted by Gasteiger charge is 2.12. The van der Waals surface area contributed by atoms with Crippen molar-refractivity contribution in [2.24, 2.45) is 0 Å². The SMILES string of the molecule is O=C(Nc1ccc(-c2ccn[nH]2)cc1)c1ncccc1O. The number of aromatic amines is 1. The van der Waals surface area contributed by atoms with Crippen molar-refractivity contribution in [3.63, 3.8) is 0 Å². The van der Waals surface area contributed by atoms with Crippen LogP contribution in [0.5, 0.6) is 5.75 Å². The molecule has 2 heterocycles. The predicted molar refractivity (Wildman–Crippen MR) is 77.9 cm³/mol. The Balaban J connectivity index is 1.77. The number of H-pyrrole nitrogens is 1. The first-order valence-corrected chi connectivity index (χ1v) is 6.29. The maximum atomic E-state index is 12.0. The monoisotopic (exact) mass is 280 g/mol. The van der Waals surface area contributed by atoms with E-state index in [1.165, 1.54) is 12.3 Å². The minimum atomic E-state index is -0.456. The second kappa shape index (κ2) is 5.46. The number of nitrogens with zero attached hydrogens (tertiary/aromatic N) is 2. The van der Waals surface area contributed by atoms with Crippen molar-refractivity contribution in [3.8, 4) is 17.0 Å². The highest BCUT2D eigenvalue weighted by molar-refractivity contribution is 6.04. The van der Waals surface area contributed by atoms with Crippen molar-refractivity contribution in [1.82, 2.24) is 15.2 Å². The fourth-order valence-electron chi connectivity index (χ4n) is 1.91. The van der Waals surface area contributed by atoms with Crippen LogP contribution in [0.4, 0.5) is 5.69 Å². The molecule has 0 saturated heterocycles. The summed E-state index contributed by atoms with van der Waals surface area (Å²) < 4.78 is 0. The molecule has 0 unspecified atom stereocenters. The molecule has 3 aromatic rings. The van der Waals surface area contributed by atoms with Crippen molar-refractivity contribution in [2.75, 3.05) is 5.32 Å². The molecule has 0 bridgehead atoms. The van der Waals surface area contributed by atoms with Crippen LogP contribution in [0.1, 0.15) is 10.5 Å². The van der Waals surface area contributed by atoms with Crippen LogP contribution in [0.2, 0.25) is 0 Å². The Morgan fingerprint density at radius 1 is 1.10 bits per heavy atom. The molecule has 0 aliphatic heterocycles. The summed E-state index contributed by atoms with van der Waals surface area (Å²) in [6, 6.07) is 12.1. The van der Waals surface area contributed by atoms with Gasteiger partial charge < -0.3 is 10.4 Å². The van der Waals surface area contributed by atoms with E-state index in [2.05, 4.69) is 20.5 Å². The number of aromatic hydroxyl groups is 1. The fraction of sp³-hybridized carbons (Fsp3) is 0. The predicted octanol–water partition coefficient (Wildman–Crippen LogP) is 2.43. The summed E-state index contributed by atoms with van der Waals surface area (Å²) in [7, 11) is 0. The van der Waals surface area contributed by atoms with E-state index in [9.17, 15) is 9.90 Å². The van der Waals surface area contributed by atoms with Crippen LogP contribution in [-0.4, -0.2) is 26.2 Å². The first kappa shape index (κ1) is 12.9. The minimum Gasteiger partial charge on any atom is -0.505 e. The highest BCUT2D eigenvalue weighted by atomic mass is 16.3. The number of carbonyl (C=O) groups excluding carboxylic acids is 1. The van der Waals surface area contributed by atoms with E-state index >= 15 is 0 Å². The number of hydrogen-bond donors (Lipinski definition) is 3. The topological polar surface area (TPSA) is 90.9 Å². The third-order valence-corrected chi connectivity index (χ3v) is 2.96. The second-order valence-electron chi connectivity index (χ2n) is 4.37. The Labute approximate surface area is 120 Å². The molecule has 0 radical (unpaired) electrons. The van der Waals surface area contributed by atoms with Gasteiger partial charge in [0, 0.05) is 18.1 Å². The maximum absolute atomic E-state index is 12.0. The van der Waals surface area contributed by atoms with E-state index < -0.39 is 5.91 Å². The standard InChI is InChI=1S/C15H12N4O2/c20-13-2-1-8-16-14(13)15(21)18-11-5-3-10(4-6-11)12-7-9-17-19-12/h1-9,20H,(H,17,19)(H,18,21). The quantitative estimate of drug-likeness (QED) is 0.687. The normalized spacial score (nSPS) is 10.3. The molecule has 6 heteroatoms. The molecule has 0 aliphatic carbocycles. The van der Waals surface area contributed by atoms with Gasteiger partial charge in [-0.3, -0.25) is 9.89 Å². The number of rotatable bonds is 3. The van der Waals surface area contributed by atoms with Gasteiger partial charge in [0.1, 0.15) is 5.75 Å². The lowest BCUT2D eigenvalue weighted by atomic mass is 10.1. The zero-order valence-electron chi connectivity index (χ0n) is 10.9. The van der Waals surface area contributed by atoms with Crippen LogP contribution in [0, 0.1) is 0 Å². The van der Waals surface area contributed by atoms with Gasteiger partial charge in [0.25, 0.3) is 5.91 Å². The molecule has 1 aromatic carbocycles.